The van der Waals surface area contributed by atoms with Crippen LogP contribution >= 0.6 is 24.0 Å². The standard InChI is InChI=1S/C20H31N5O2.HI/c1-4-21-20(24-17-9-11-25(12-10-17)14-15(2)3)22-13-19(27)23-16-5-7-18(26)8-6-16;/h5-8,17,26H,2,4,9-14H2,1,3H3,(H,23,27)(H2,21,22,24);1H. The number of anilines is 1. The molecule has 0 aromatic heterocycles. The second kappa shape index (κ2) is 12.6. The third-order valence-electron chi connectivity index (χ3n) is 4.30. The van der Waals surface area contributed by atoms with Gasteiger partial charge in [-0.15, -0.1) is 24.0 Å². The molecular weight excluding hydrogens is 469 g/mol. The van der Waals surface area contributed by atoms with E-state index >= 15 is 0 Å². The Morgan fingerprint density at radius 2 is 1.93 bits per heavy atom. The van der Waals surface area contributed by atoms with Crippen LogP contribution in [-0.2, 0) is 4.79 Å². The van der Waals surface area contributed by atoms with Gasteiger partial charge in [-0.1, -0.05) is 12.2 Å². The molecule has 1 aliphatic rings. The number of carbonyl (C=O) groups excluding carboxylic acids is 1. The Morgan fingerprint density at radius 1 is 1.29 bits per heavy atom. The average molecular weight is 501 g/mol. The number of guanidine groups is 1. The molecule has 2 rings (SSSR count). The zero-order valence-corrected chi connectivity index (χ0v) is 19.0. The van der Waals surface area contributed by atoms with Crippen LogP contribution in [-0.4, -0.2) is 60.6 Å². The van der Waals surface area contributed by atoms with Crippen molar-refractivity contribution < 1.29 is 9.90 Å². The smallest absolute Gasteiger partial charge is 0.246 e. The number of likely N-dealkylation sites (tertiary alicyclic amines) is 1. The molecule has 0 saturated carbocycles. The molecule has 28 heavy (non-hydrogen) atoms. The minimum Gasteiger partial charge on any atom is -0.508 e. The number of nitrogens with zero attached hydrogens (tertiary/aromatic N) is 2. The van der Waals surface area contributed by atoms with Gasteiger partial charge in [-0.25, -0.2) is 4.99 Å². The molecule has 0 radical (unpaired) electrons. The second-order valence-corrected chi connectivity index (χ2v) is 6.94. The highest BCUT2D eigenvalue weighted by Crippen LogP contribution is 2.13. The normalized spacial score (nSPS) is 15.4. The molecule has 0 unspecified atom stereocenters. The van der Waals surface area contributed by atoms with Crippen molar-refractivity contribution >= 4 is 41.5 Å². The summed E-state index contributed by atoms with van der Waals surface area (Å²) in [6.45, 7) is 11.8. The minimum atomic E-state index is -0.200. The number of phenols is 1. The van der Waals surface area contributed by atoms with Gasteiger partial charge in [-0.3, -0.25) is 9.69 Å². The number of carbonyl (C=O) groups is 1. The van der Waals surface area contributed by atoms with E-state index in [0.717, 1.165) is 39.0 Å². The number of aliphatic imine (C=N–C) groups is 1. The van der Waals surface area contributed by atoms with E-state index in [1.54, 1.807) is 12.1 Å². The van der Waals surface area contributed by atoms with Gasteiger partial charge in [-0.05, 0) is 51.0 Å². The molecule has 1 aromatic rings. The van der Waals surface area contributed by atoms with Gasteiger partial charge in [0.05, 0.1) is 0 Å². The number of halogens is 1. The lowest BCUT2D eigenvalue weighted by atomic mass is 10.0. The summed E-state index contributed by atoms with van der Waals surface area (Å²) in [5, 5.41) is 18.7. The lowest BCUT2D eigenvalue weighted by molar-refractivity contribution is -0.114. The number of nitrogens with one attached hydrogen (secondary N) is 3. The van der Waals surface area contributed by atoms with Crippen molar-refractivity contribution in [3.8, 4) is 5.75 Å². The van der Waals surface area contributed by atoms with Crippen LogP contribution in [0.2, 0.25) is 0 Å². The first-order valence-corrected chi connectivity index (χ1v) is 9.46. The van der Waals surface area contributed by atoms with Crippen LogP contribution in [0.5, 0.6) is 5.75 Å². The first-order chi connectivity index (χ1) is 13.0. The third kappa shape index (κ3) is 8.92. The number of aromatic hydroxyl groups is 1. The molecule has 1 aromatic carbocycles. The van der Waals surface area contributed by atoms with E-state index in [4.69, 9.17) is 0 Å². The zero-order chi connectivity index (χ0) is 19.6. The van der Waals surface area contributed by atoms with Crippen molar-refractivity contribution in [1.29, 1.82) is 0 Å². The zero-order valence-electron chi connectivity index (χ0n) is 16.7. The van der Waals surface area contributed by atoms with Crippen molar-refractivity contribution in [3.63, 3.8) is 0 Å². The maximum Gasteiger partial charge on any atom is 0.246 e. The monoisotopic (exact) mass is 501 g/mol. The largest absolute Gasteiger partial charge is 0.508 e. The predicted molar refractivity (Wildman–Crippen MR) is 126 cm³/mol. The molecule has 7 nitrogen and oxygen atoms in total. The molecular formula is C20H32IN5O2. The van der Waals surface area contributed by atoms with Crippen molar-refractivity contribution in [2.75, 3.05) is 38.0 Å². The summed E-state index contributed by atoms with van der Waals surface area (Å²) in [5.74, 6) is 0.629. The Hall–Kier alpha value is -1.81. The molecule has 1 aliphatic heterocycles. The predicted octanol–water partition coefficient (Wildman–Crippen LogP) is 2.54. The molecule has 1 fully saturated rings. The highest BCUT2D eigenvalue weighted by molar-refractivity contribution is 14.0. The highest BCUT2D eigenvalue weighted by atomic mass is 127. The van der Waals surface area contributed by atoms with E-state index < -0.39 is 0 Å². The molecule has 1 heterocycles. The lowest BCUT2D eigenvalue weighted by Crippen LogP contribution is -2.49. The lowest BCUT2D eigenvalue weighted by Gasteiger charge is -2.33. The van der Waals surface area contributed by atoms with E-state index in [1.807, 2.05) is 6.92 Å². The Kier molecular flexibility index (Phi) is 10.9. The van der Waals surface area contributed by atoms with Crippen LogP contribution < -0.4 is 16.0 Å². The number of phenolic OH excluding ortho intramolecular Hbond substituents is 1. The van der Waals surface area contributed by atoms with E-state index in [9.17, 15) is 9.90 Å². The van der Waals surface area contributed by atoms with Crippen LogP contribution in [0.4, 0.5) is 5.69 Å². The summed E-state index contributed by atoms with van der Waals surface area (Å²) < 4.78 is 0. The van der Waals surface area contributed by atoms with Gasteiger partial charge in [0, 0.05) is 37.9 Å². The van der Waals surface area contributed by atoms with Gasteiger partial charge in [0.25, 0.3) is 0 Å². The van der Waals surface area contributed by atoms with Gasteiger partial charge < -0.3 is 21.1 Å². The van der Waals surface area contributed by atoms with Crippen molar-refractivity contribution in [1.82, 2.24) is 15.5 Å². The molecule has 4 N–H and O–H groups in total. The van der Waals surface area contributed by atoms with E-state index in [0.29, 0.717) is 17.7 Å². The van der Waals surface area contributed by atoms with Crippen molar-refractivity contribution in [3.05, 3.63) is 36.4 Å². The van der Waals surface area contributed by atoms with Gasteiger partial charge >= 0.3 is 0 Å². The molecule has 0 aliphatic carbocycles. The first kappa shape index (κ1) is 24.2. The SMILES string of the molecule is C=C(C)CN1CCC(NC(=NCC(=O)Nc2ccc(O)cc2)NCC)CC1.I. The number of hydrogen-bond acceptors (Lipinski definition) is 4. The summed E-state index contributed by atoms with van der Waals surface area (Å²) in [5.41, 5.74) is 1.83. The van der Waals surface area contributed by atoms with E-state index in [1.165, 1.54) is 17.7 Å². The van der Waals surface area contributed by atoms with Gasteiger partial charge in [0.15, 0.2) is 5.96 Å². The number of amides is 1. The Bertz CT molecular complexity index is 655. The number of piperidine rings is 1. The van der Waals surface area contributed by atoms with Crippen LogP contribution in [0.15, 0.2) is 41.4 Å². The summed E-state index contributed by atoms with van der Waals surface area (Å²) in [7, 11) is 0. The molecule has 8 heteroatoms. The Morgan fingerprint density at radius 3 is 2.50 bits per heavy atom. The Balaban J connectivity index is 0.00000392. The maximum atomic E-state index is 12.1. The van der Waals surface area contributed by atoms with E-state index in [-0.39, 0.29) is 42.2 Å². The van der Waals surface area contributed by atoms with Gasteiger partial charge in [0.1, 0.15) is 12.3 Å². The molecule has 156 valence electrons. The quantitative estimate of drug-likeness (QED) is 0.152. The fourth-order valence-electron chi connectivity index (χ4n) is 3.03. The molecule has 0 bridgehead atoms. The Labute approximate surface area is 184 Å². The third-order valence-corrected chi connectivity index (χ3v) is 4.30. The summed E-state index contributed by atoms with van der Waals surface area (Å²) in [4.78, 5) is 18.9. The van der Waals surface area contributed by atoms with Crippen LogP contribution in [0.3, 0.4) is 0 Å². The summed E-state index contributed by atoms with van der Waals surface area (Å²) in [6.07, 6.45) is 2.08. The fraction of sp³-hybridized carbons (Fsp3) is 0.500. The minimum absolute atomic E-state index is 0. The molecule has 1 amide bonds. The molecule has 0 atom stereocenters. The van der Waals surface area contributed by atoms with E-state index in [2.05, 4.69) is 39.3 Å². The highest BCUT2D eigenvalue weighted by Gasteiger charge is 2.19. The summed E-state index contributed by atoms with van der Waals surface area (Å²) >= 11 is 0. The topological polar surface area (TPSA) is 89.0 Å². The molecule has 1 saturated heterocycles. The average Bonchev–Trinajstić information content (AvgIpc) is 2.63. The number of rotatable bonds is 7. The van der Waals surface area contributed by atoms with Crippen LogP contribution in [0, 0.1) is 0 Å². The van der Waals surface area contributed by atoms with Gasteiger partial charge in [-0.2, -0.15) is 0 Å². The maximum absolute atomic E-state index is 12.1. The second-order valence-electron chi connectivity index (χ2n) is 6.94. The fourth-order valence-corrected chi connectivity index (χ4v) is 3.03. The summed E-state index contributed by atoms with van der Waals surface area (Å²) in [6, 6.07) is 6.72. The van der Waals surface area contributed by atoms with Crippen LogP contribution in [0.25, 0.3) is 0 Å². The number of hydrogen-bond donors (Lipinski definition) is 4. The number of benzene rings is 1. The van der Waals surface area contributed by atoms with Gasteiger partial charge in [0.2, 0.25) is 5.91 Å². The van der Waals surface area contributed by atoms with Crippen molar-refractivity contribution in [2.45, 2.75) is 32.7 Å². The first-order valence-electron chi connectivity index (χ1n) is 9.46. The molecule has 0 spiro atoms. The van der Waals surface area contributed by atoms with Crippen LogP contribution in [0.1, 0.15) is 26.7 Å². The van der Waals surface area contributed by atoms with Crippen molar-refractivity contribution in [2.24, 2.45) is 4.99 Å².